The molecular formula is C20H21N5O4. The third-order valence-electron chi connectivity index (χ3n) is 3.76. The number of alkyl carbamates (subject to hydrolysis) is 1. The second kappa shape index (κ2) is 8.09. The number of phenols is 2. The summed E-state index contributed by atoms with van der Waals surface area (Å²) in [6.07, 6.45) is -0.583. The van der Waals surface area contributed by atoms with Crippen LogP contribution in [0.2, 0.25) is 0 Å². The van der Waals surface area contributed by atoms with E-state index >= 15 is 0 Å². The van der Waals surface area contributed by atoms with Gasteiger partial charge in [0.2, 0.25) is 11.6 Å². The first-order valence-electron chi connectivity index (χ1n) is 8.87. The molecule has 3 rings (SSSR count). The lowest BCUT2D eigenvalue weighted by molar-refractivity contribution is 0.0523. The van der Waals surface area contributed by atoms with Crippen LogP contribution in [0.4, 0.5) is 4.79 Å². The van der Waals surface area contributed by atoms with Gasteiger partial charge in [0.15, 0.2) is 0 Å². The van der Waals surface area contributed by atoms with Crippen molar-refractivity contribution >= 4 is 6.09 Å². The first-order valence-corrected chi connectivity index (χ1v) is 8.87. The number of aromatic nitrogens is 4. The summed E-state index contributed by atoms with van der Waals surface area (Å²) in [7, 11) is 0. The molecule has 0 aliphatic rings. The van der Waals surface area contributed by atoms with Gasteiger partial charge in [0, 0.05) is 23.2 Å². The topological polar surface area (TPSA) is 130 Å². The van der Waals surface area contributed by atoms with Crippen LogP contribution < -0.4 is 5.32 Å². The molecule has 1 heterocycles. The van der Waals surface area contributed by atoms with E-state index in [0.717, 1.165) is 0 Å². The predicted octanol–water partition coefficient (Wildman–Crippen LogP) is 3.04. The minimum absolute atomic E-state index is 0.0199. The van der Waals surface area contributed by atoms with Gasteiger partial charge in [-0.15, -0.1) is 20.4 Å². The lowest BCUT2D eigenvalue weighted by atomic mass is 10.1. The highest BCUT2D eigenvalue weighted by molar-refractivity contribution is 5.68. The van der Waals surface area contributed by atoms with E-state index in [1.54, 1.807) is 45.0 Å². The lowest BCUT2D eigenvalue weighted by Crippen LogP contribution is -2.32. The van der Waals surface area contributed by atoms with E-state index in [-0.39, 0.29) is 23.9 Å². The molecule has 0 aliphatic heterocycles. The number of hydrogen-bond donors (Lipinski definition) is 3. The van der Waals surface area contributed by atoms with Crippen LogP contribution >= 0.6 is 0 Å². The Morgan fingerprint density at radius 3 is 2.07 bits per heavy atom. The molecule has 150 valence electrons. The van der Waals surface area contributed by atoms with Crippen LogP contribution in [0.1, 0.15) is 26.3 Å². The number of ether oxygens (including phenoxy) is 1. The molecule has 3 aromatic rings. The van der Waals surface area contributed by atoms with Gasteiger partial charge >= 0.3 is 6.09 Å². The Hall–Kier alpha value is -3.75. The van der Waals surface area contributed by atoms with Crippen LogP contribution in [0.5, 0.6) is 11.5 Å². The van der Waals surface area contributed by atoms with Crippen molar-refractivity contribution in [2.45, 2.75) is 32.9 Å². The molecule has 3 N–H and O–H groups in total. The highest BCUT2D eigenvalue weighted by atomic mass is 16.6. The Kier molecular flexibility index (Phi) is 5.58. The van der Waals surface area contributed by atoms with Crippen LogP contribution in [0.3, 0.4) is 0 Å². The van der Waals surface area contributed by atoms with E-state index < -0.39 is 11.7 Å². The molecule has 0 unspecified atom stereocenters. The number of nitrogens with one attached hydrogen (secondary N) is 1. The van der Waals surface area contributed by atoms with Gasteiger partial charge in [-0.25, -0.2) is 4.79 Å². The van der Waals surface area contributed by atoms with Crippen LogP contribution in [-0.2, 0) is 11.3 Å². The van der Waals surface area contributed by atoms with Crippen LogP contribution in [0, 0.1) is 0 Å². The van der Waals surface area contributed by atoms with Gasteiger partial charge in [-0.1, -0.05) is 0 Å². The van der Waals surface area contributed by atoms with Crippen LogP contribution in [0.25, 0.3) is 22.8 Å². The molecule has 1 amide bonds. The maximum Gasteiger partial charge on any atom is 0.407 e. The quantitative estimate of drug-likeness (QED) is 0.614. The zero-order chi connectivity index (χ0) is 21.0. The lowest BCUT2D eigenvalue weighted by Gasteiger charge is -2.19. The van der Waals surface area contributed by atoms with Crippen molar-refractivity contribution in [2.24, 2.45) is 0 Å². The standard InChI is InChI=1S/C20H21N5O4/c1-20(2,3)29-19(28)21-11-14-10-13(6-9-16(14)27)18-24-22-17(23-25-18)12-4-7-15(26)8-5-12/h4-10,26-27H,11H2,1-3H3,(H,21,28). The zero-order valence-electron chi connectivity index (χ0n) is 16.2. The number of rotatable bonds is 4. The second-order valence-electron chi connectivity index (χ2n) is 7.29. The van der Waals surface area contributed by atoms with Gasteiger partial charge in [-0.05, 0) is 63.2 Å². The Balaban J connectivity index is 1.75. The first kappa shape index (κ1) is 20.0. The fourth-order valence-corrected chi connectivity index (χ4v) is 2.42. The fraction of sp³-hybridized carbons (Fsp3) is 0.250. The largest absolute Gasteiger partial charge is 0.508 e. The Labute approximate surface area is 167 Å². The van der Waals surface area contributed by atoms with E-state index in [4.69, 9.17) is 4.74 Å². The van der Waals surface area contributed by atoms with Crippen molar-refractivity contribution in [2.75, 3.05) is 0 Å². The number of hydrogen-bond acceptors (Lipinski definition) is 8. The van der Waals surface area contributed by atoms with Crippen molar-refractivity contribution in [3.05, 3.63) is 48.0 Å². The summed E-state index contributed by atoms with van der Waals surface area (Å²) in [5.41, 5.74) is 1.11. The molecule has 2 aromatic carbocycles. The van der Waals surface area contributed by atoms with E-state index in [1.807, 2.05) is 0 Å². The molecule has 29 heavy (non-hydrogen) atoms. The predicted molar refractivity (Wildman–Crippen MR) is 105 cm³/mol. The number of amides is 1. The Morgan fingerprint density at radius 1 is 0.931 bits per heavy atom. The van der Waals surface area contributed by atoms with Gasteiger partial charge in [0.1, 0.15) is 17.1 Å². The van der Waals surface area contributed by atoms with Gasteiger partial charge in [-0.2, -0.15) is 0 Å². The normalized spacial score (nSPS) is 11.1. The number of carbonyl (C=O) groups excluding carboxylic acids is 1. The molecular weight excluding hydrogens is 374 g/mol. The summed E-state index contributed by atoms with van der Waals surface area (Å²) in [5.74, 6) is 0.750. The van der Waals surface area contributed by atoms with E-state index in [1.165, 1.54) is 18.2 Å². The molecule has 0 fully saturated rings. The van der Waals surface area contributed by atoms with E-state index in [0.29, 0.717) is 22.5 Å². The average molecular weight is 395 g/mol. The van der Waals surface area contributed by atoms with Gasteiger partial charge in [-0.3, -0.25) is 0 Å². The molecule has 0 saturated heterocycles. The molecule has 0 radical (unpaired) electrons. The van der Waals surface area contributed by atoms with Crippen molar-refractivity contribution in [3.8, 4) is 34.3 Å². The maximum atomic E-state index is 11.8. The van der Waals surface area contributed by atoms with Crippen LogP contribution in [-0.4, -0.2) is 42.3 Å². The van der Waals surface area contributed by atoms with Crippen molar-refractivity contribution in [1.82, 2.24) is 25.7 Å². The molecule has 9 nitrogen and oxygen atoms in total. The second-order valence-corrected chi connectivity index (χ2v) is 7.29. The van der Waals surface area contributed by atoms with E-state index in [2.05, 4.69) is 25.7 Å². The SMILES string of the molecule is CC(C)(C)OC(=O)NCc1cc(-c2nnc(-c3ccc(O)cc3)nn2)ccc1O. The summed E-state index contributed by atoms with van der Waals surface area (Å²) in [4.78, 5) is 11.8. The van der Waals surface area contributed by atoms with E-state index in [9.17, 15) is 15.0 Å². The smallest absolute Gasteiger partial charge is 0.407 e. The summed E-state index contributed by atoms with van der Waals surface area (Å²) >= 11 is 0. The maximum absolute atomic E-state index is 11.8. The fourth-order valence-electron chi connectivity index (χ4n) is 2.42. The number of benzene rings is 2. The molecule has 0 aliphatic carbocycles. The summed E-state index contributed by atoms with van der Waals surface area (Å²) in [5, 5.41) is 38.3. The highest BCUT2D eigenvalue weighted by Gasteiger charge is 2.16. The van der Waals surface area contributed by atoms with Crippen LogP contribution in [0.15, 0.2) is 42.5 Å². The van der Waals surface area contributed by atoms with Gasteiger partial charge in [0.05, 0.1) is 0 Å². The third kappa shape index (κ3) is 5.38. The summed E-state index contributed by atoms with van der Waals surface area (Å²) < 4.78 is 5.18. The highest BCUT2D eigenvalue weighted by Crippen LogP contribution is 2.24. The zero-order valence-corrected chi connectivity index (χ0v) is 16.2. The monoisotopic (exact) mass is 395 g/mol. The number of aromatic hydroxyl groups is 2. The Bertz CT molecular complexity index is 999. The van der Waals surface area contributed by atoms with Crippen molar-refractivity contribution < 1.29 is 19.7 Å². The molecule has 1 aromatic heterocycles. The molecule has 0 spiro atoms. The Morgan fingerprint density at radius 2 is 1.48 bits per heavy atom. The summed E-state index contributed by atoms with van der Waals surface area (Å²) in [6.45, 7) is 5.37. The number of phenolic OH excluding ortho intramolecular Hbond substituents is 2. The molecule has 9 heteroatoms. The van der Waals surface area contributed by atoms with Gasteiger partial charge in [0.25, 0.3) is 0 Å². The minimum atomic E-state index is -0.613. The third-order valence-corrected chi connectivity index (χ3v) is 3.76. The number of carbonyl (C=O) groups is 1. The summed E-state index contributed by atoms with van der Waals surface area (Å²) in [6, 6.07) is 11.1. The molecule has 0 atom stereocenters. The number of nitrogens with zero attached hydrogens (tertiary/aromatic N) is 4. The average Bonchev–Trinajstić information content (AvgIpc) is 2.67. The van der Waals surface area contributed by atoms with Gasteiger partial charge < -0.3 is 20.3 Å². The van der Waals surface area contributed by atoms with Crippen molar-refractivity contribution in [1.29, 1.82) is 0 Å². The minimum Gasteiger partial charge on any atom is -0.508 e. The van der Waals surface area contributed by atoms with Crippen molar-refractivity contribution in [3.63, 3.8) is 0 Å². The molecule has 0 bridgehead atoms. The molecule has 0 saturated carbocycles. The first-order chi connectivity index (χ1) is 13.7.